The second-order valence-corrected chi connectivity index (χ2v) is 3.51. The number of carbonyl (C=O) groups excluding carboxylic acids is 1. The molecular weight excluding hydrogens is 192 g/mol. The third-order valence-electron chi connectivity index (χ3n) is 2.38. The average Bonchev–Trinajstić information content (AvgIpc) is 2.18. The third-order valence-corrected chi connectivity index (χ3v) is 2.38. The Kier molecular flexibility index (Phi) is 2.40. The molecule has 1 fully saturated rings. The number of hydrogen-bond donors (Lipinski definition) is 1. The van der Waals surface area contributed by atoms with Crippen molar-refractivity contribution in [3.05, 3.63) is 30.3 Å². The van der Waals surface area contributed by atoms with E-state index in [9.17, 15) is 4.79 Å². The molecule has 0 unspecified atom stereocenters. The van der Waals surface area contributed by atoms with E-state index in [2.05, 4.69) is 5.32 Å². The van der Waals surface area contributed by atoms with Gasteiger partial charge in [0, 0.05) is 5.69 Å². The Morgan fingerprint density at radius 3 is 2.53 bits per heavy atom. The summed E-state index contributed by atoms with van der Waals surface area (Å²) in [6.45, 7) is 0.365. The predicted octanol–water partition coefficient (Wildman–Crippen LogP) is 1.17. The Hall–Kier alpha value is -1.86. The molecule has 1 heterocycles. The largest absolute Gasteiger partial charge is 0.377 e. The highest BCUT2D eigenvalue weighted by Gasteiger charge is 2.46. The number of ether oxygens (including phenoxy) is 1. The zero-order valence-corrected chi connectivity index (χ0v) is 8.06. The summed E-state index contributed by atoms with van der Waals surface area (Å²) in [5, 5.41) is 11.6. The minimum Gasteiger partial charge on any atom is -0.377 e. The van der Waals surface area contributed by atoms with E-state index in [1.165, 1.54) is 0 Å². The number of benzene rings is 1. The van der Waals surface area contributed by atoms with Crippen LogP contribution in [0.5, 0.6) is 0 Å². The van der Waals surface area contributed by atoms with Gasteiger partial charge < -0.3 is 10.1 Å². The van der Waals surface area contributed by atoms with Crippen LogP contribution in [0.1, 0.15) is 0 Å². The topological polar surface area (TPSA) is 62.1 Å². The molecule has 0 atom stereocenters. The molecule has 0 aromatic heterocycles. The number of rotatable bonds is 2. The molecule has 0 saturated carbocycles. The normalized spacial score (nSPS) is 17.3. The highest BCUT2D eigenvalue weighted by atomic mass is 16.5. The second kappa shape index (κ2) is 3.71. The molecule has 15 heavy (non-hydrogen) atoms. The maximum atomic E-state index is 11.7. The van der Waals surface area contributed by atoms with Gasteiger partial charge in [-0.25, -0.2) is 0 Å². The van der Waals surface area contributed by atoms with Crippen LogP contribution in [-0.4, -0.2) is 19.1 Å². The summed E-state index contributed by atoms with van der Waals surface area (Å²) in [6, 6.07) is 11.1. The van der Waals surface area contributed by atoms with Crippen molar-refractivity contribution in [2.24, 2.45) is 5.41 Å². The van der Waals surface area contributed by atoms with Gasteiger partial charge in [0.1, 0.15) is 0 Å². The van der Waals surface area contributed by atoms with E-state index in [4.69, 9.17) is 10.00 Å². The van der Waals surface area contributed by atoms with Gasteiger partial charge in [0.05, 0.1) is 19.3 Å². The molecule has 0 aliphatic carbocycles. The molecule has 1 aromatic rings. The van der Waals surface area contributed by atoms with Gasteiger partial charge in [0.25, 0.3) is 0 Å². The van der Waals surface area contributed by atoms with Crippen LogP contribution in [-0.2, 0) is 9.53 Å². The molecule has 4 nitrogen and oxygen atoms in total. The summed E-state index contributed by atoms with van der Waals surface area (Å²) in [5.41, 5.74) is -0.292. The van der Waals surface area contributed by atoms with E-state index in [0.717, 1.165) is 0 Å². The van der Waals surface area contributed by atoms with Crippen molar-refractivity contribution < 1.29 is 9.53 Å². The molecule has 1 N–H and O–H groups in total. The fourth-order valence-electron chi connectivity index (χ4n) is 1.32. The summed E-state index contributed by atoms with van der Waals surface area (Å²) in [4.78, 5) is 11.7. The summed E-state index contributed by atoms with van der Waals surface area (Å²) >= 11 is 0. The maximum Gasteiger partial charge on any atom is 0.249 e. The van der Waals surface area contributed by atoms with Crippen molar-refractivity contribution in [2.75, 3.05) is 18.5 Å². The molecule has 0 bridgehead atoms. The molecule has 1 amide bonds. The smallest absolute Gasteiger partial charge is 0.249 e. The van der Waals surface area contributed by atoms with Crippen molar-refractivity contribution in [3.8, 4) is 6.07 Å². The third kappa shape index (κ3) is 1.69. The lowest BCUT2D eigenvalue weighted by Gasteiger charge is -2.33. The molecule has 0 spiro atoms. The number of anilines is 1. The van der Waals surface area contributed by atoms with E-state index in [1.54, 1.807) is 12.1 Å². The van der Waals surface area contributed by atoms with Crippen LogP contribution in [0, 0.1) is 16.7 Å². The zero-order chi connectivity index (χ0) is 10.7. The quantitative estimate of drug-likeness (QED) is 0.782. The first kappa shape index (κ1) is 9.69. The van der Waals surface area contributed by atoms with E-state index in [-0.39, 0.29) is 19.1 Å². The monoisotopic (exact) mass is 202 g/mol. The zero-order valence-electron chi connectivity index (χ0n) is 8.06. The van der Waals surface area contributed by atoms with Crippen LogP contribution in [0.15, 0.2) is 30.3 Å². The molecule has 0 radical (unpaired) electrons. The molecule has 1 aliphatic rings. The number of carbonyl (C=O) groups is 1. The molecule has 4 heteroatoms. The predicted molar refractivity (Wildman–Crippen MR) is 53.9 cm³/mol. The van der Waals surface area contributed by atoms with Crippen molar-refractivity contribution in [1.29, 1.82) is 5.26 Å². The van der Waals surface area contributed by atoms with E-state index in [0.29, 0.717) is 5.69 Å². The van der Waals surface area contributed by atoms with Gasteiger partial charge in [0.2, 0.25) is 5.91 Å². The number of hydrogen-bond acceptors (Lipinski definition) is 3. The highest BCUT2D eigenvalue weighted by Crippen LogP contribution is 2.28. The fraction of sp³-hybridized carbons (Fsp3) is 0.273. The number of nitriles is 1. The van der Waals surface area contributed by atoms with Crippen molar-refractivity contribution >= 4 is 11.6 Å². The second-order valence-electron chi connectivity index (χ2n) is 3.51. The minimum atomic E-state index is -0.990. The SMILES string of the molecule is N#CC1(C(=O)Nc2ccccc2)COC1. The molecule has 1 aliphatic heterocycles. The van der Waals surface area contributed by atoms with Crippen LogP contribution < -0.4 is 5.32 Å². The van der Waals surface area contributed by atoms with Crippen LogP contribution in [0.2, 0.25) is 0 Å². The summed E-state index contributed by atoms with van der Waals surface area (Å²) in [5.74, 6) is -0.289. The summed E-state index contributed by atoms with van der Waals surface area (Å²) < 4.78 is 4.90. The Bertz CT molecular complexity index is 404. The van der Waals surface area contributed by atoms with Gasteiger partial charge in [-0.05, 0) is 12.1 Å². The highest BCUT2D eigenvalue weighted by molar-refractivity contribution is 5.98. The Labute approximate surface area is 87.5 Å². The van der Waals surface area contributed by atoms with E-state index in [1.807, 2.05) is 24.3 Å². The van der Waals surface area contributed by atoms with Gasteiger partial charge in [-0.1, -0.05) is 18.2 Å². The first-order chi connectivity index (χ1) is 7.27. The number of amides is 1. The lowest BCUT2D eigenvalue weighted by molar-refractivity contribution is -0.144. The van der Waals surface area contributed by atoms with Gasteiger partial charge >= 0.3 is 0 Å². The van der Waals surface area contributed by atoms with Crippen LogP contribution in [0.3, 0.4) is 0 Å². The molecular formula is C11H10N2O2. The fourth-order valence-corrected chi connectivity index (χ4v) is 1.32. The molecule has 76 valence electrons. The minimum absolute atomic E-state index is 0.183. The summed E-state index contributed by atoms with van der Waals surface area (Å²) in [6.07, 6.45) is 0. The molecule has 1 saturated heterocycles. The van der Waals surface area contributed by atoms with Crippen LogP contribution >= 0.6 is 0 Å². The first-order valence-corrected chi connectivity index (χ1v) is 4.62. The lowest BCUT2D eigenvalue weighted by atomic mass is 9.87. The number of para-hydroxylation sites is 1. The lowest BCUT2D eigenvalue weighted by Crippen LogP contribution is -2.50. The van der Waals surface area contributed by atoms with Crippen molar-refractivity contribution in [2.45, 2.75) is 0 Å². The average molecular weight is 202 g/mol. The molecule has 1 aromatic carbocycles. The van der Waals surface area contributed by atoms with Gasteiger partial charge in [-0.3, -0.25) is 4.79 Å². The van der Waals surface area contributed by atoms with Gasteiger partial charge in [0.15, 0.2) is 5.41 Å². The standard InChI is InChI=1S/C11H10N2O2/c12-6-11(7-15-8-11)10(14)13-9-4-2-1-3-5-9/h1-5H,7-8H2,(H,13,14). The van der Waals surface area contributed by atoms with Crippen molar-refractivity contribution in [3.63, 3.8) is 0 Å². The Balaban J connectivity index is 2.08. The van der Waals surface area contributed by atoms with Crippen LogP contribution in [0.4, 0.5) is 5.69 Å². The van der Waals surface area contributed by atoms with Crippen LogP contribution in [0.25, 0.3) is 0 Å². The molecule has 2 rings (SSSR count). The number of nitrogens with one attached hydrogen (secondary N) is 1. The maximum absolute atomic E-state index is 11.7. The Morgan fingerprint density at radius 1 is 1.40 bits per heavy atom. The van der Waals surface area contributed by atoms with E-state index >= 15 is 0 Å². The summed E-state index contributed by atoms with van der Waals surface area (Å²) in [7, 11) is 0. The Morgan fingerprint density at radius 2 is 2.07 bits per heavy atom. The van der Waals surface area contributed by atoms with Crippen molar-refractivity contribution in [1.82, 2.24) is 0 Å². The van der Waals surface area contributed by atoms with Gasteiger partial charge in [-0.15, -0.1) is 0 Å². The number of nitrogens with zero attached hydrogens (tertiary/aromatic N) is 1. The first-order valence-electron chi connectivity index (χ1n) is 4.62. The van der Waals surface area contributed by atoms with Gasteiger partial charge in [-0.2, -0.15) is 5.26 Å². The van der Waals surface area contributed by atoms with E-state index < -0.39 is 5.41 Å².